The Bertz CT molecular complexity index is 1500. The van der Waals surface area contributed by atoms with E-state index in [4.69, 9.17) is 11.6 Å². The van der Waals surface area contributed by atoms with E-state index in [0.717, 1.165) is 22.5 Å². The molecular weight excluding hydrogens is 534 g/mol. The molecule has 0 spiro atoms. The zero-order valence-electron chi connectivity index (χ0n) is 19.3. The molecule has 11 heteroatoms. The van der Waals surface area contributed by atoms with Gasteiger partial charge in [0.1, 0.15) is 5.82 Å². The number of carbonyl (C=O) groups is 1. The third kappa shape index (κ3) is 5.35. The van der Waals surface area contributed by atoms with Gasteiger partial charge in [0.15, 0.2) is 0 Å². The summed E-state index contributed by atoms with van der Waals surface area (Å²) in [7, 11) is -4.57. The van der Waals surface area contributed by atoms with E-state index in [1.807, 2.05) is 0 Å². The van der Waals surface area contributed by atoms with Crippen LogP contribution in [0.5, 0.6) is 0 Å². The molecule has 194 valence electrons. The second kappa shape index (κ2) is 9.83. The fraction of sp³-hybridized carbons (Fsp3) is 0.192. The highest BCUT2D eigenvalue weighted by molar-refractivity contribution is 7.92. The quantitative estimate of drug-likeness (QED) is 0.289. The van der Waals surface area contributed by atoms with Crippen molar-refractivity contribution < 1.29 is 35.9 Å². The Balaban J connectivity index is 1.83. The van der Waals surface area contributed by atoms with E-state index >= 15 is 0 Å². The molecule has 1 aliphatic rings. The molecule has 1 N–H and O–H groups in total. The summed E-state index contributed by atoms with van der Waals surface area (Å²) in [4.78, 5) is 11.1. The van der Waals surface area contributed by atoms with E-state index in [9.17, 15) is 35.9 Å². The van der Waals surface area contributed by atoms with Gasteiger partial charge >= 0.3 is 12.1 Å². The molecule has 0 fully saturated rings. The molecule has 0 amide bonds. The van der Waals surface area contributed by atoms with Crippen LogP contribution >= 0.6 is 11.6 Å². The zero-order chi connectivity index (χ0) is 27.1. The Morgan fingerprint density at radius 3 is 2.46 bits per heavy atom. The van der Waals surface area contributed by atoms with E-state index in [1.165, 1.54) is 24.3 Å². The van der Waals surface area contributed by atoms with Crippen LogP contribution in [0.4, 0.5) is 23.2 Å². The number of halogens is 5. The number of aliphatic carboxylic acids is 1. The second-order valence-corrected chi connectivity index (χ2v) is 10.9. The first kappa shape index (κ1) is 26.7. The summed E-state index contributed by atoms with van der Waals surface area (Å²) in [6, 6.07) is 12.2. The van der Waals surface area contributed by atoms with Crippen LogP contribution in [-0.4, -0.2) is 26.0 Å². The number of sulfonamides is 1. The second-order valence-electron chi connectivity index (χ2n) is 8.61. The van der Waals surface area contributed by atoms with Crippen molar-refractivity contribution in [2.45, 2.75) is 24.4 Å². The van der Waals surface area contributed by atoms with E-state index in [2.05, 4.69) is 0 Å². The summed E-state index contributed by atoms with van der Waals surface area (Å²) in [5.41, 5.74) is 0.475. The first-order valence-electron chi connectivity index (χ1n) is 11.0. The number of allylic oxidation sites excluding steroid dienone is 1. The first-order valence-corrected chi connectivity index (χ1v) is 12.8. The summed E-state index contributed by atoms with van der Waals surface area (Å²) >= 11 is 6.14. The van der Waals surface area contributed by atoms with E-state index in [0.29, 0.717) is 22.8 Å². The minimum Gasteiger partial charge on any atom is -0.481 e. The van der Waals surface area contributed by atoms with Gasteiger partial charge in [-0.25, -0.2) is 12.8 Å². The Labute approximate surface area is 215 Å². The molecule has 0 aliphatic carbocycles. The zero-order valence-corrected chi connectivity index (χ0v) is 20.8. The highest BCUT2D eigenvalue weighted by Crippen LogP contribution is 2.38. The summed E-state index contributed by atoms with van der Waals surface area (Å²) in [5, 5.41) is 9.78. The van der Waals surface area contributed by atoms with Gasteiger partial charge in [-0.2, -0.15) is 13.2 Å². The molecule has 1 heterocycles. The van der Waals surface area contributed by atoms with Gasteiger partial charge in [-0.3, -0.25) is 9.10 Å². The molecule has 0 bridgehead atoms. The number of benzene rings is 3. The molecule has 5 nitrogen and oxygen atoms in total. The van der Waals surface area contributed by atoms with Crippen molar-refractivity contribution in [1.29, 1.82) is 0 Å². The van der Waals surface area contributed by atoms with Gasteiger partial charge in [0.05, 0.1) is 27.1 Å². The number of anilines is 1. The van der Waals surface area contributed by atoms with Crippen molar-refractivity contribution in [3.8, 4) is 0 Å². The van der Waals surface area contributed by atoms with Crippen molar-refractivity contribution >= 4 is 44.9 Å². The molecule has 1 aliphatic heterocycles. The van der Waals surface area contributed by atoms with Crippen LogP contribution in [0.1, 0.15) is 29.2 Å². The van der Waals surface area contributed by atoms with E-state index in [-0.39, 0.29) is 22.7 Å². The molecule has 3 aromatic carbocycles. The van der Waals surface area contributed by atoms with Gasteiger partial charge in [0.25, 0.3) is 10.0 Å². The minimum atomic E-state index is -4.77. The molecule has 1 unspecified atom stereocenters. The van der Waals surface area contributed by atoms with Crippen LogP contribution in [0.25, 0.3) is 11.6 Å². The maximum atomic E-state index is 14.4. The summed E-state index contributed by atoms with van der Waals surface area (Å²) in [6.07, 6.45) is -3.15. The number of nitrogens with zero attached hydrogens (tertiary/aromatic N) is 1. The molecule has 0 radical (unpaired) electrons. The van der Waals surface area contributed by atoms with Gasteiger partial charge in [-0.05, 0) is 66.4 Å². The van der Waals surface area contributed by atoms with Crippen molar-refractivity contribution in [1.82, 2.24) is 0 Å². The first-order chi connectivity index (χ1) is 17.3. The third-order valence-corrected chi connectivity index (χ3v) is 8.16. The number of alkyl halides is 3. The predicted molar refractivity (Wildman–Crippen MR) is 132 cm³/mol. The van der Waals surface area contributed by atoms with Gasteiger partial charge in [-0.1, -0.05) is 41.9 Å². The lowest BCUT2D eigenvalue weighted by Gasteiger charge is -2.34. The largest absolute Gasteiger partial charge is 0.481 e. The molecular formula is C26H20ClF4NO4S. The predicted octanol–water partition coefficient (Wildman–Crippen LogP) is 6.51. The normalized spacial score (nSPS) is 16.4. The maximum absolute atomic E-state index is 14.4. The molecule has 0 aromatic heterocycles. The summed E-state index contributed by atoms with van der Waals surface area (Å²) < 4.78 is 82.0. The molecule has 1 atom stereocenters. The highest BCUT2D eigenvalue weighted by Gasteiger charge is 2.38. The Morgan fingerprint density at radius 2 is 1.81 bits per heavy atom. The number of rotatable bonds is 5. The number of fused-ring (bicyclic) bond motifs is 1. The van der Waals surface area contributed by atoms with Crippen LogP contribution in [0.2, 0.25) is 5.02 Å². The number of carboxylic acid groups (broad SMARTS) is 1. The molecule has 0 saturated carbocycles. The van der Waals surface area contributed by atoms with E-state index in [1.54, 1.807) is 25.1 Å². The average Bonchev–Trinajstić information content (AvgIpc) is 2.82. The van der Waals surface area contributed by atoms with Crippen LogP contribution in [0.3, 0.4) is 0 Å². The van der Waals surface area contributed by atoms with Crippen LogP contribution in [0.15, 0.2) is 65.6 Å². The van der Waals surface area contributed by atoms with Crippen LogP contribution in [0, 0.1) is 11.7 Å². The summed E-state index contributed by atoms with van der Waals surface area (Å²) in [6.45, 7) is 1.16. The topological polar surface area (TPSA) is 74.7 Å². The average molecular weight is 554 g/mol. The van der Waals surface area contributed by atoms with Gasteiger partial charge in [0.2, 0.25) is 0 Å². The van der Waals surface area contributed by atoms with Crippen molar-refractivity contribution in [3.05, 3.63) is 93.8 Å². The van der Waals surface area contributed by atoms with Crippen molar-refractivity contribution in [2.24, 2.45) is 5.92 Å². The smallest absolute Gasteiger partial charge is 0.416 e. The highest BCUT2D eigenvalue weighted by atomic mass is 35.5. The molecule has 3 aromatic rings. The number of hydrogen-bond acceptors (Lipinski definition) is 3. The third-order valence-electron chi connectivity index (χ3n) is 6.07. The van der Waals surface area contributed by atoms with Gasteiger partial charge < -0.3 is 5.11 Å². The van der Waals surface area contributed by atoms with Gasteiger partial charge in [0, 0.05) is 12.1 Å². The van der Waals surface area contributed by atoms with Crippen molar-refractivity contribution in [3.63, 3.8) is 0 Å². The van der Waals surface area contributed by atoms with Crippen LogP contribution in [-0.2, 0) is 27.4 Å². The SMILES string of the molecule is C/C(=C\c1ccc2c(c1)N(S(=O)(=O)c1cccc(C(F)(F)F)c1)CC(C(=O)O)C2)c1c(F)cccc1Cl. The van der Waals surface area contributed by atoms with Gasteiger partial charge in [-0.15, -0.1) is 0 Å². The monoisotopic (exact) mass is 553 g/mol. The lowest BCUT2D eigenvalue weighted by atomic mass is 9.92. The number of hydrogen-bond donors (Lipinski definition) is 1. The number of carboxylic acids is 1. The Kier molecular flexibility index (Phi) is 7.09. The Morgan fingerprint density at radius 1 is 1.11 bits per heavy atom. The lowest BCUT2D eigenvalue weighted by molar-refractivity contribution is -0.141. The maximum Gasteiger partial charge on any atom is 0.416 e. The fourth-order valence-corrected chi connectivity index (χ4v) is 6.15. The molecule has 0 saturated heterocycles. The van der Waals surface area contributed by atoms with Crippen LogP contribution < -0.4 is 4.31 Å². The molecule has 4 rings (SSSR count). The van der Waals surface area contributed by atoms with Crippen molar-refractivity contribution in [2.75, 3.05) is 10.8 Å². The fourth-order valence-electron chi connectivity index (χ4n) is 4.25. The Hall–Kier alpha value is -3.37. The molecule has 37 heavy (non-hydrogen) atoms. The lowest BCUT2D eigenvalue weighted by Crippen LogP contribution is -2.42. The van der Waals surface area contributed by atoms with E-state index < -0.39 is 50.9 Å². The standard InChI is InChI=1S/C26H20ClF4NO4S/c1-15(24-21(27)6-3-7-22(24)28)10-16-8-9-17-12-18(25(33)34)14-32(23(17)11-16)37(35,36)20-5-2-4-19(13-20)26(29,30)31/h2-11,13,18H,12,14H2,1H3,(H,33,34)/b15-10+. The summed E-state index contributed by atoms with van der Waals surface area (Å²) in [5.74, 6) is -2.88. The minimum absolute atomic E-state index is 0.0292.